The molecule has 138 valence electrons. The van der Waals surface area contributed by atoms with Gasteiger partial charge in [0.05, 0.1) is 11.1 Å². The van der Waals surface area contributed by atoms with E-state index in [0.29, 0.717) is 17.1 Å². The number of aryl methyl sites for hydroxylation is 2. The first kappa shape index (κ1) is 18.7. The second-order valence-electron chi connectivity index (χ2n) is 5.91. The van der Waals surface area contributed by atoms with E-state index in [1.807, 2.05) is 0 Å². The number of allylic oxidation sites excluding steroid dienone is 1. The molecule has 0 aliphatic heterocycles. The number of urea groups is 1. The smallest absolute Gasteiger partial charge is 0.321 e. The molecule has 0 saturated heterocycles. The van der Waals surface area contributed by atoms with Crippen LogP contribution in [0.4, 0.5) is 4.79 Å². The second kappa shape index (κ2) is 8.05. The summed E-state index contributed by atoms with van der Waals surface area (Å²) in [6.45, 7) is 4.04. The van der Waals surface area contributed by atoms with Gasteiger partial charge in [-0.1, -0.05) is 17.8 Å². The molecule has 1 aliphatic rings. The Balaban J connectivity index is 1.95. The van der Waals surface area contributed by atoms with Crippen LogP contribution in [0, 0.1) is 0 Å². The minimum absolute atomic E-state index is 0.00635. The van der Waals surface area contributed by atoms with Gasteiger partial charge in [-0.2, -0.15) is 0 Å². The van der Waals surface area contributed by atoms with Crippen LogP contribution in [0.15, 0.2) is 22.6 Å². The van der Waals surface area contributed by atoms with E-state index in [9.17, 15) is 14.4 Å². The van der Waals surface area contributed by atoms with Gasteiger partial charge in [-0.05, 0) is 31.2 Å². The van der Waals surface area contributed by atoms with E-state index in [1.54, 1.807) is 22.0 Å². The van der Waals surface area contributed by atoms with Crippen LogP contribution < -0.4 is 16.2 Å². The van der Waals surface area contributed by atoms with E-state index in [1.165, 1.54) is 11.9 Å². The van der Waals surface area contributed by atoms with Gasteiger partial charge in [0.1, 0.15) is 4.83 Å². The molecule has 0 atom stereocenters. The molecule has 3 rings (SSSR count). The molecule has 0 bridgehead atoms. The lowest BCUT2D eigenvalue weighted by molar-refractivity contribution is -0.117. The SMILES string of the molecule is C=CCn1c(SCC(=O)NC(=O)NC)nc2sc3c(c2c1=O)CCCC3. The lowest BCUT2D eigenvalue weighted by Gasteiger charge is -2.12. The van der Waals surface area contributed by atoms with Gasteiger partial charge < -0.3 is 5.32 Å². The maximum atomic E-state index is 13.0. The average molecular weight is 393 g/mol. The highest BCUT2D eigenvalue weighted by molar-refractivity contribution is 7.99. The maximum Gasteiger partial charge on any atom is 0.321 e. The summed E-state index contributed by atoms with van der Waals surface area (Å²) in [7, 11) is 1.44. The molecule has 2 heterocycles. The number of nitrogens with zero attached hydrogens (tertiary/aromatic N) is 2. The highest BCUT2D eigenvalue weighted by Crippen LogP contribution is 2.34. The summed E-state index contributed by atoms with van der Waals surface area (Å²) in [6.07, 6.45) is 5.79. The monoisotopic (exact) mass is 392 g/mol. The Labute approximate surface area is 158 Å². The van der Waals surface area contributed by atoms with Gasteiger partial charge in [0, 0.05) is 18.5 Å². The van der Waals surface area contributed by atoms with E-state index < -0.39 is 11.9 Å². The van der Waals surface area contributed by atoms with Crippen molar-refractivity contribution < 1.29 is 9.59 Å². The van der Waals surface area contributed by atoms with E-state index in [-0.39, 0.29) is 11.3 Å². The van der Waals surface area contributed by atoms with Crippen LogP contribution in [-0.4, -0.2) is 34.3 Å². The number of hydrogen-bond acceptors (Lipinski definition) is 6. The first-order valence-electron chi connectivity index (χ1n) is 8.35. The first-order valence-corrected chi connectivity index (χ1v) is 10.2. The predicted octanol–water partition coefficient (Wildman–Crippen LogP) is 2.07. The number of imide groups is 1. The average Bonchev–Trinajstić information content (AvgIpc) is 3.01. The second-order valence-corrected chi connectivity index (χ2v) is 7.93. The Morgan fingerprint density at radius 3 is 2.88 bits per heavy atom. The molecular weight excluding hydrogens is 372 g/mol. The van der Waals surface area contributed by atoms with Crippen LogP contribution in [0.5, 0.6) is 0 Å². The molecule has 9 heteroatoms. The molecule has 0 unspecified atom stereocenters. The molecule has 2 aromatic heterocycles. The van der Waals surface area contributed by atoms with Gasteiger partial charge in [0.2, 0.25) is 5.91 Å². The third kappa shape index (κ3) is 3.68. The van der Waals surface area contributed by atoms with E-state index >= 15 is 0 Å². The lowest BCUT2D eigenvalue weighted by Crippen LogP contribution is -2.38. The summed E-state index contributed by atoms with van der Waals surface area (Å²) in [5.41, 5.74) is 1.06. The van der Waals surface area contributed by atoms with Gasteiger partial charge in [0.15, 0.2) is 5.16 Å². The van der Waals surface area contributed by atoms with Crippen LogP contribution in [0.25, 0.3) is 10.2 Å². The highest BCUT2D eigenvalue weighted by atomic mass is 32.2. The maximum absolute atomic E-state index is 13.0. The molecule has 0 aromatic carbocycles. The van der Waals surface area contributed by atoms with Gasteiger partial charge in [-0.3, -0.25) is 19.5 Å². The Kier molecular flexibility index (Phi) is 5.77. The summed E-state index contributed by atoms with van der Waals surface area (Å²) in [5, 5.41) is 5.70. The molecule has 0 radical (unpaired) electrons. The van der Waals surface area contributed by atoms with Crippen molar-refractivity contribution >= 4 is 45.3 Å². The predicted molar refractivity (Wildman–Crippen MR) is 104 cm³/mol. The number of thiophene rings is 1. The number of hydrogen-bond donors (Lipinski definition) is 2. The van der Waals surface area contributed by atoms with Gasteiger partial charge >= 0.3 is 6.03 Å². The van der Waals surface area contributed by atoms with Crippen molar-refractivity contribution in [2.45, 2.75) is 37.4 Å². The fourth-order valence-corrected chi connectivity index (χ4v) is 5.09. The molecule has 0 spiro atoms. The van der Waals surface area contributed by atoms with Crippen molar-refractivity contribution in [3.05, 3.63) is 33.4 Å². The largest absolute Gasteiger partial charge is 0.341 e. The summed E-state index contributed by atoms with van der Waals surface area (Å²) >= 11 is 2.72. The van der Waals surface area contributed by atoms with Gasteiger partial charge in [0.25, 0.3) is 5.56 Å². The number of amides is 3. The Hall–Kier alpha value is -2.13. The van der Waals surface area contributed by atoms with Crippen molar-refractivity contribution in [2.24, 2.45) is 0 Å². The number of carbonyl (C=O) groups excluding carboxylic acids is 2. The highest BCUT2D eigenvalue weighted by Gasteiger charge is 2.22. The van der Waals surface area contributed by atoms with Crippen LogP contribution in [0.2, 0.25) is 0 Å². The molecule has 1 aliphatic carbocycles. The van der Waals surface area contributed by atoms with Crippen LogP contribution >= 0.6 is 23.1 Å². The van der Waals surface area contributed by atoms with Crippen molar-refractivity contribution in [1.82, 2.24) is 20.2 Å². The zero-order chi connectivity index (χ0) is 18.7. The first-order chi connectivity index (χ1) is 12.5. The van der Waals surface area contributed by atoms with Crippen LogP contribution in [0.1, 0.15) is 23.3 Å². The summed E-state index contributed by atoms with van der Waals surface area (Å²) in [4.78, 5) is 42.7. The fraction of sp³-hybridized carbons (Fsp3) is 0.412. The Morgan fingerprint density at radius 1 is 1.38 bits per heavy atom. The number of nitrogens with one attached hydrogen (secondary N) is 2. The fourth-order valence-electron chi connectivity index (χ4n) is 2.98. The zero-order valence-electron chi connectivity index (χ0n) is 14.5. The third-order valence-electron chi connectivity index (χ3n) is 4.16. The quantitative estimate of drug-likeness (QED) is 0.462. The van der Waals surface area contributed by atoms with Crippen molar-refractivity contribution in [1.29, 1.82) is 0 Å². The standard InChI is InChI=1S/C17H20N4O3S2/c1-3-8-21-15(23)13-10-6-4-5-7-11(10)26-14(13)20-17(21)25-9-12(22)19-16(24)18-2/h3H,1,4-9H2,2H3,(H2,18,19,22,24). The summed E-state index contributed by atoms with van der Waals surface area (Å²) in [6, 6.07) is -0.562. The van der Waals surface area contributed by atoms with Gasteiger partial charge in [-0.15, -0.1) is 17.9 Å². The number of aromatic nitrogens is 2. The van der Waals surface area contributed by atoms with Gasteiger partial charge in [-0.25, -0.2) is 9.78 Å². The third-order valence-corrected chi connectivity index (χ3v) is 6.33. The molecule has 0 saturated carbocycles. The van der Waals surface area contributed by atoms with E-state index in [2.05, 4.69) is 22.2 Å². The number of fused-ring (bicyclic) bond motifs is 3. The minimum Gasteiger partial charge on any atom is -0.341 e. The number of carbonyl (C=O) groups is 2. The topological polar surface area (TPSA) is 93.1 Å². The van der Waals surface area contributed by atoms with Crippen molar-refractivity contribution in [2.75, 3.05) is 12.8 Å². The number of rotatable bonds is 5. The molecular formula is C17H20N4O3S2. The Morgan fingerprint density at radius 2 is 2.15 bits per heavy atom. The number of thioether (sulfide) groups is 1. The summed E-state index contributed by atoms with van der Waals surface area (Å²) in [5.74, 6) is -0.451. The molecule has 7 nitrogen and oxygen atoms in total. The molecule has 3 amide bonds. The molecule has 2 N–H and O–H groups in total. The lowest BCUT2D eigenvalue weighted by atomic mass is 9.97. The normalized spacial score (nSPS) is 13.3. The molecule has 0 fully saturated rings. The van der Waals surface area contributed by atoms with Crippen molar-refractivity contribution in [3.63, 3.8) is 0 Å². The molecule has 2 aromatic rings. The zero-order valence-corrected chi connectivity index (χ0v) is 16.1. The van der Waals surface area contributed by atoms with Crippen LogP contribution in [0.3, 0.4) is 0 Å². The molecule has 26 heavy (non-hydrogen) atoms. The van der Waals surface area contributed by atoms with Crippen LogP contribution in [-0.2, 0) is 24.2 Å². The Bertz CT molecular complexity index is 932. The van der Waals surface area contributed by atoms with E-state index in [0.717, 1.165) is 47.8 Å². The summed E-state index contributed by atoms with van der Waals surface area (Å²) < 4.78 is 1.55. The van der Waals surface area contributed by atoms with E-state index in [4.69, 9.17) is 0 Å². The van der Waals surface area contributed by atoms with Crippen molar-refractivity contribution in [3.8, 4) is 0 Å². The minimum atomic E-state index is -0.562.